The first-order chi connectivity index (χ1) is 11.0. The highest BCUT2D eigenvalue weighted by Crippen LogP contribution is 2.17. The number of hydrogen-bond donors (Lipinski definition) is 0. The van der Waals surface area contributed by atoms with Crippen molar-refractivity contribution in [2.24, 2.45) is 0 Å². The topological polar surface area (TPSA) is 26.3 Å². The van der Waals surface area contributed by atoms with Crippen LogP contribution < -0.4 is 0 Å². The number of aldehydes is 1. The molecule has 1 aromatic rings. The molecule has 1 aromatic carbocycles. The third-order valence-corrected chi connectivity index (χ3v) is 2.87. The molecule has 0 aliphatic heterocycles. The van der Waals surface area contributed by atoms with Gasteiger partial charge < -0.3 is 4.74 Å². The van der Waals surface area contributed by atoms with E-state index in [1.54, 1.807) is 18.4 Å². The van der Waals surface area contributed by atoms with Gasteiger partial charge in [0.2, 0.25) is 0 Å². The minimum Gasteiger partial charge on any atom is -0.466 e. The molecular weight excluding hydrogens is 284 g/mol. The summed E-state index contributed by atoms with van der Waals surface area (Å²) in [4.78, 5) is 10.4. The van der Waals surface area contributed by atoms with Gasteiger partial charge in [-0.25, -0.2) is 0 Å². The van der Waals surface area contributed by atoms with Gasteiger partial charge in [0.15, 0.2) is 0 Å². The predicted molar refractivity (Wildman–Crippen MR) is 97.7 cm³/mol. The molecule has 0 heterocycles. The van der Waals surface area contributed by atoms with Crippen molar-refractivity contribution >= 4 is 11.9 Å². The molecule has 0 aromatic heterocycles. The number of allylic oxidation sites excluding steroid dienone is 8. The molecule has 2 heteroatoms. The summed E-state index contributed by atoms with van der Waals surface area (Å²) in [6, 6.07) is 8.12. The fourth-order valence-electron chi connectivity index (χ4n) is 1.67. The van der Waals surface area contributed by atoms with Crippen LogP contribution in [0.25, 0.3) is 5.57 Å². The van der Waals surface area contributed by atoms with E-state index in [0.717, 1.165) is 23.0 Å². The molecule has 0 atom stereocenters. The van der Waals surface area contributed by atoms with Gasteiger partial charge >= 0.3 is 0 Å². The number of carbonyl (C=O) groups excluding carboxylic acids is 1. The molecule has 0 fully saturated rings. The van der Waals surface area contributed by atoms with Crippen molar-refractivity contribution in [2.75, 3.05) is 0 Å². The predicted octanol–water partition coefficient (Wildman–Crippen LogP) is 5.31. The molecule has 0 bridgehead atoms. The molecule has 0 unspecified atom stereocenters. The normalized spacial score (nSPS) is 12.2. The molecular formula is C21H22O2. The molecule has 118 valence electrons. The van der Waals surface area contributed by atoms with E-state index in [0.29, 0.717) is 5.76 Å². The molecule has 1 rings (SSSR count). The third-order valence-electron chi connectivity index (χ3n) is 2.87. The average molecular weight is 306 g/mol. The first-order valence-electron chi connectivity index (χ1n) is 7.28. The summed E-state index contributed by atoms with van der Waals surface area (Å²) in [6.07, 6.45) is 12.7. The van der Waals surface area contributed by atoms with Crippen LogP contribution in [-0.2, 0) is 9.53 Å². The lowest BCUT2D eigenvalue weighted by atomic mass is 10.0. The largest absolute Gasteiger partial charge is 0.466 e. The molecule has 2 nitrogen and oxygen atoms in total. The van der Waals surface area contributed by atoms with Crippen LogP contribution in [0.1, 0.15) is 18.1 Å². The second-order valence-corrected chi connectivity index (χ2v) is 5.08. The summed E-state index contributed by atoms with van der Waals surface area (Å²) in [5, 5.41) is 0. The average Bonchev–Trinajstić information content (AvgIpc) is 2.52. The van der Waals surface area contributed by atoms with Crippen LogP contribution in [0.5, 0.6) is 0 Å². The van der Waals surface area contributed by atoms with Crippen LogP contribution in [0, 0.1) is 6.92 Å². The van der Waals surface area contributed by atoms with Crippen LogP contribution >= 0.6 is 0 Å². The summed E-state index contributed by atoms with van der Waals surface area (Å²) in [5.41, 5.74) is 4.09. The van der Waals surface area contributed by atoms with E-state index in [4.69, 9.17) is 4.74 Å². The highest BCUT2D eigenvalue weighted by atomic mass is 16.5. The standard InChI is InChI=1S/C21H22O2/c1-17(2)8-11-19(4)23-16-14-20(7-5-6-15-22)21-12-9-18(3)10-13-21/h5-16H,1,4H2,2-3H3/b6-5+,11-8-,16-14-,20-7+. The summed E-state index contributed by atoms with van der Waals surface area (Å²) < 4.78 is 5.44. The van der Waals surface area contributed by atoms with Crippen molar-refractivity contribution in [3.8, 4) is 0 Å². The van der Waals surface area contributed by atoms with E-state index in [-0.39, 0.29) is 0 Å². The van der Waals surface area contributed by atoms with E-state index < -0.39 is 0 Å². The zero-order valence-electron chi connectivity index (χ0n) is 13.7. The minimum atomic E-state index is 0.524. The van der Waals surface area contributed by atoms with Crippen LogP contribution in [0.2, 0.25) is 0 Å². The minimum absolute atomic E-state index is 0.524. The monoisotopic (exact) mass is 306 g/mol. The van der Waals surface area contributed by atoms with E-state index in [2.05, 4.69) is 13.2 Å². The van der Waals surface area contributed by atoms with Gasteiger partial charge in [-0.15, -0.1) is 0 Å². The van der Waals surface area contributed by atoms with Crippen molar-refractivity contribution in [1.29, 1.82) is 0 Å². The Kier molecular flexibility index (Phi) is 7.87. The van der Waals surface area contributed by atoms with Crippen molar-refractivity contribution in [3.05, 3.63) is 103 Å². The molecule has 0 radical (unpaired) electrons. The van der Waals surface area contributed by atoms with Crippen LogP contribution in [-0.4, -0.2) is 6.29 Å². The first kappa shape index (κ1) is 18.2. The zero-order chi connectivity index (χ0) is 17.1. The highest BCUT2D eigenvalue weighted by molar-refractivity contribution is 5.76. The van der Waals surface area contributed by atoms with Gasteiger partial charge in [-0.1, -0.05) is 66.8 Å². The van der Waals surface area contributed by atoms with E-state index >= 15 is 0 Å². The van der Waals surface area contributed by atoms with Crippen LogP contribution in [0.15, 0.2) is 91.5 Å². The Morgan fingerprint density at radius 2 is 1.74 bits per heavy atom. The maximum absolute atomic E-state index is 10.4. The SMILES string of the molecule is C=C(C)/C=C\C(=C)O\C=C/C(=C\C=C\C=O)c1ccc(C)cc1. The maximum atomic E-state index is 10.4. The van der Waals surface area contributed by atoms with E-state index in [1.165, 1.54) is 11.6 Å². The van der Waals surface area contributed by atoms with Crippen molar-refractivity contribution < 1.29 is 9.53 Å². The Morgan fingerprint density at radius 3 is 2.35 bits per heavy atom. The Balaban J connectivity index is 2.87. The summed E-state index contributed by atoms with van der Waals surface area (Å²) >= 11 is 0. The molecule has 0 spiro atoms. The summed E-state index contributed by atoms with van der Waals surface area (Å²) in [6.45, 7) is 11.5. The molecule has 0 aliphatic rings. The Hall–Kier alpha value is -2.87. The number of benzene rings is 1. The van der Waals surface area contributed by atoms with Gasteiger partial charge in [0.1, 0.15) is 12.0 Å². The molecule has 0 N–H and O–H groups in total. The maximum Gasteiger partial charge on any atom is 0.142 e. The van der Waals surface area contributed by atoms with Crippen LogP contribution in [0.4, 0.5) is 0 Å². The second-order valence-electron chi connectivity index (χ2n) is 5.08. The molecule has 0 aliphatic carbocycles. The lowest BCUT2D eigenvalue weighted by molar-refractivity contribution is -0.104. The lowest BCUT2D eigenvalue weighted by Crippen LogP contribution is -1.83. The molecule has 0 saturated carbocycles. The molecule has 23 heavy (non-hydrogen) atoms. The van der Waals surface area contributed by atoms with Crippen LogP contribution in [0.3, 0.4) is 0 Å². The molecule has 0 amide bonds. The van der Waals surface area contributed by atoms with Gasteiger partial charge in [0.05, 0.1) is 6.26 Å². The number of hydrogen-bond acceptors (Lipinski definition) is 2. The fourth-order valence-corrected chi connectivity index (χ4v) is 1.67. The molecule has 0 saturated heterocycles. The second kappa shape index (κ2) is 9.96. The Bertz CT molecular complexity index is 668. The number of rotatable bonds is 8. The van der Waals surface area contributed by atoms with Gasteiger partial charge in [-0.05, 0) is 43.2 Å². The quantitative estimate of drug-likeness (QED) is 0.281. The number of aryl methyl sites for hydroxylation is 1. The van der Waals surface area contributed by atoms with E-state index in [9.17, 15) is 4.79 Å². The number of carbonyl (C=O) groups is 1. The summed E-state index contributed by atoms with van der Waals surface area (Å²) in [7, 11) is 0. The fraction of sp³-hybridized carbons (Fsp3) is 0.0952. The van der Waals surface area contributed by atoms with Gasteiger partial charge in [-0.3, -0.25) is 4.79 Å². The number of ether oxygens (including phenoxy) is 1. The summed E-state index contributed by atoms with van der Waals surface area (Å²) in [5.74, 6) is 0.524. The third kappa shape index (κ3) is 7.63. The zero-order valence-corrected chi connectivity index (χ0v) is 13.7. The van der Waals surface area contributed by atoms with Gasteiger partial charge in [0.25, 0.3) is 0 Å². The van der Waals surface area contributed by atoms with Crippen molar-refractivity contribution in [1.82, 2.24) is 0 Å². The van der Waals surface area contributed by atoms with Crippen molar-refractivity contribution in [2.45, 2.75) is 13.8 Å². The van der Waals surface area contributed by atoms with Gasteiger partial charge in [0, 0.05) is 0 Å². The van der Waals surface area contributed by atoms with Crippen molar-refractivity contribution in [3.63, 3.8) is 0 Å². The Morgan fingerprint density at radius 1 is 1.04 bits per heavy atom. The first-order valence-corrected chi connectivity index (χ1v) is 7.28. The highest BCUT2D eigenvalue weighted by Gasteiger charge is 1.97. The van der Waals surface area contributed by atoms with E-state index in [1.807, 2.05) is 56.3 Å². The lowest BCUT2D eigenvalue weighted by Gasteiger charge is -2.04. The van der Waals surface area contributed by atoms with Gasteiger partial charge in [-0.2, -0.15) is 0 Å². The Labute approximate surface area is 138 Å². The smallest absolute Gasteiger partial charge is 0.142 e.